The Morgan fingerprint density at radius 1 is 1.00 bits per heavy atom. The minimum atomic E-state index is -3.60. The smallest absolute Gasteiger partial charge is 0.261 e. The summed E-state index contributed by atoms with van der Waals surface area (Å²) in [5, 5.41) is 0. The first-order chi connectivity index (χ1) is 9.68. The number of nitrogens with zero attached hydrogens (tertiary/aromatic N) is 1. The van der Waals surface area contributed by atoms with Crippen molar-refractivity contribution in [2.75, 3.05) is 31.6 Å². The van der Waals surface area contributed by atoms with Gasteiger partial charge in [-0.2, -0.15) is 0 Å². The second-order valence-electron chi connectivity index (χ2n) is 5.74. The molecule has 0 aromatic heterocycles. The van der Waals surface area contributed by atoms with E-state index in [1.54, 1.807) is 18.2 Å². The van der Waals surface area contributed by atoms with Crippen molar-refractivity contribution < 1.29 is 20.8 Å². The maximum atomic E-state index is 12.3. The molecule has 3 N–H and O–H groups in total. The van der Waals surface area contributed by atoms with Crippen LogP contribution in [0.4, 0.5) is 17.1 Å². The molecule has 7 heteroatoms. The van der Waals surface area contributed by atoms with Crippen LogP contribution in [0.1, 0.15) is 0 Å². The first-order valence-corrected chi connectivity index (χ1v) is 7.97. The number of anilines is 2. The van der Waals surface area contributed by atoms with E-state index >= 15 is 0 Å². The van der Waals surface area contributed by atoms with Gasteiger partial charge in [0, 0.05) is 11.8 Å². The van der Waals surface area contributed by atoms with Crippen molar-refractivity contribution in [2.24, 2.45) is 0 Å². The number of hydrogen-bond acceptors (Lipinski definition) is 3. The van der Waals surface area contributed by atoms with Crippen LogP contribution in [0.5, 0.6) is 0 Å². The van der Waals surface area contributed by atoms with E-state index in [0.717, 1.165) is 5.69 Å². The molecular formula is C15H20ClN3O2S. The molecule has 2 aromatic rings. The van der Waals surface area contributed by atoms with Crippen molar-refractivity contribution in [1.82, 2.24) is 4.48 Å². The predicted octanol–water partition coefficient (Wildman–Crippen LogP) is -0.730. The highest BCUT2D eigenvalue weighted by Crippen LogP contribution is 2.23. The van der Waals surface area contributed by atoms with E-state index in [-0.39, 0.29) is 17.3 Å². The number of nitrogens with two attached hydrogens (primary N) is 1. The van der Waals surface area contributed by atoms with Crippen molar-refractivity contribution in [3.8, 4) is 0 Å². The Morgan fingerprint density at radius 3 is 2.14 bits per heavy atom. The second-order valence-corrected chi connectivity index (χ2v) is 7.42. The Labute approximate surface area is 137 Å². The minimum Gasteiger partial charge on any atom is -1.00 e. The van der Waals surface area contributed by atoms with Gasteiger partial charge in [0.05, 0.1) is 31.7 Å². The van der Waals surface area contributed by atoms with E-state index < -0.39 is 10.0 Å². The molecule has 0 aliphatic heterocycles. The fourth-order valence-corrected chi connectivity index (χ4v) is 2.90. The highest BCUT2D eigenvalue weighted by atomic mass is 35.5. The number of halogens is 1. The molecule has 0 heterocycles. The molecule has 0 saturated heterocycles. The molecule has 120 valence electrons. The largest absolute Gasteiger partial charge is 1.00 e. The highest BCUT2D eigenvalue weighted by Gasteiger charge is 2.17. The van der Waals surface area contributed by atoms with E-state index in [9.17, 15) is 8.42 Å². The van der Waals surface area contributed by atoms with Gasteiger partial charge in [-0.1, -0.05) is 6.07 Å². The highest BCUT2D eigenvalue weighted by molar-refractivity contribution is 7.92. The molecule has 0 unspecified atom stereocenters. The molecule has 0 saturated carbocycles. The molecule has 0 aliphatic rings. The number of sulfonamides is 1. The molecule has 5 nitrogen and oxygen atoms in total. The second kappa shape index (κ2) is 6.56. The number of benzene rings is 2. The molecule has 0 bridgehead atoms. The number of nitrogens with one attached hydrogen (secondary N) is 1. The first kappa shape index (κ1) is 18.3. The lowest BCUT2D eigenvalue weighted by molar-refractivity contribution is -0.00000697. The van der Waals surface area contributed by atoms with Gasteiger partial charge in [-0.3, -0.25) is 9.21 Å². The SMILES string of the molecule is C[N+](C)(C)c1cccc(NS(=O)(=O)c2ccc(N)cc2)c1.[Cl-]. The van der Waals surface area contributed by atoms with Crippen molar-refractivity contribution in [3.63, 3.8) is 0 Å². The maximum absolute atomic E-state index is 12.3. The lowest BCUT2D eigenvalue weighted by Crippen LogP contribution is -3.00. The third kappa shape index (κ3) is 4.37. The molecular weight excluding hydrogens is 322 g/mol. The zero-order chi connectivity index (χ0) is 15.7. The summed E-state index contributed by atoms with van der Waals surface area (Å²) in [6.07, 6.45) is 0. The third-order valence-corrected chi connectivity index (χ3v) is 4.46. The Kier molecular flexibility index (Phi) is 5.45. The van der Waals surface area contributed by atoms with Gasteiger partial charge < -0.3 is 18.1 Å². The van der Waals surface area contributed by atoms with Gasteiger partial charge in [0.15, 0.2) is 0 Å². The summed E-state index contributed by atoms with van der Waals surface area (Å²) in [4.78, 5) is 0.187. The molecule has 0 atom stereocenters. The molecule has 0 radical (unpaired) electrons. The molecule has 2 rings (SSSR count). The van der Waals surface area contributed by atoms with E-state index in [1.165, 1.54) is 12.1 Å². The molecule has 0 aliphatic carbocycles. The normalized spacial score (nSPS) is 11.6. The van der Waals surface area contributed by atoms with E-state index in [0.29, 0.717) is 15.9 Å². The molecule has 2 aromatic carbocycles. The fourth-order valence-electron chi connectivity index (χ4n) is 1.85. The average Bonchev–Trinajstić information content (AvgIpc) is 2.38. The van der Waals surface area contributed by atoms with Crippen LogP contribution in [0.25, 0.3) is 0 Å². The van der Waals surface area contributed by atoms with E-state index in [1.807, 2.05) is 39.3 Å². The molecule has 22 heavy (non-hydrogen) atoms. The van der Waals surface area contributed by atoms with Crippen LogP contribution in [0, 0.1) is 0 Å². The van der Waals surface area contributed by atoms with E-state index in [2.05, 4.69) is 4.72 Å². The van der Waals surface area contributed by atoms with Crippen LogP contribution in [0.3, 0.4) is 0 Å². The van der Waals surface area contributed by atoms with Gasteiger partial charge >= 0.3 is 0 Å². The molecule has 0 amide bonds. The number of quaternary nitrogens is 1. The first-order valence-electron chi connectivity index (χ1n) is 6.49. The Hall–Kier alpha value is -1.76. The zero-order valence-corrected chi connectivity index (χ0v) is 14.3. The summed E-state index contributed by atoms with van der Waals surface area (Å²) in [6, 6.07) is 13.5. The number of hydrogen-bond donors (Lipinski definition) is 2. The molecule has 0 fully saturated rings. The summed E-state index contributed by atoms with van der Waals surface area (Å²) in [7, 11) is 2.46. The Balaban J connectivity index is 0.00000242. The van der Waals surface area contributed by atoms with Crippen LogP contribution in [-0.2, 0) is 10.0 Å². The topological polar surface area (TPSA) is 72.2 Å². The molecule has 0 spiro atoms. The van der Waals surface area contributed by atoms with Gasteiger partial charge in [0.2, 0.25) is 0 Å². The van der Waals surface area contributed by atoms with Crippen LogP contribution in [0.2, 0.25) is 0 Å². The van der Waals surface area contributed by atoms with Crippen molar-refractivity contribution in [1.29, 1.82) is 0 Å². The predicted molar refractivity (Wildman–Crippen MR) is 87.7 cm³/mol. The van der Waals surface area contributed by atoms with Crippen LogP contribution in [0.15, 0.2) is 53.4 Å². The summed E-state index contributed by atoms with van der Waals surface area (Å²) >= 11 is 0. The standard InChI is InChI=1S/C15H20N3O2S.ClH/c1-18(2,3)14-6-4-5-13(11-14)17-21(19,20)15-9-7-12(16)8-10-15;/h4-11,17H,16H2,1-3H3;1H/q+1;/p-1. The average molecular weight is 342 g/mol. The van der Waals surface area contributed by atoms with Crippen LogP contribution >= 0.6 is 0 Å². The van der Waals surface area contributed by atoms with Gasteiger partial charge in [-0.25, -0.2) is 8.42 Å². The number of nitrogen functional groups attached to an aromatic ring is 1. The van der Waals surface area contributed by atoms with Crippen LogP contribution in [-0.4, -0.2) is 29.6 Å². The maximum Gasteiger partial charge on any atom is 0.261 e. The fraction of sp³-hybridized carbons (Fsp3) is 0.200. The summed E-state index contributed by atoms with van der Waals surface area (Å²) < 4.78 is 27.8. The monoisotopic (exact) mass is 341 g/mol. The lowest BCUT2D eigenvalue weighted by atomic mass is 10.2. The summed E-state index contributed by atoms with van der Waals surface area (Å²) in [6.45, 7) is 0. The lowest BCUT2D eigenvalue weighted by Gasteiger charge is -2.23. The van der Waals surface area contributed by atoms with Gasteiger partial charge in [-0.05, 0) is 36.4 Å². The Morgan fingerprint density at radius 2 is 1.59 bits per heavy atom. The summed E-state index contributed by atoms with van der Waals surface area (Å²) in [5.41, 5.74) is 7.65. The quantitative estimate of drug-likeness (QED) is 0.569. The van der Waals surface area contributed by atoms with Gasteiger partial charge in [0.25, 0.3) is 10.0 Å². The van der Waals surface area contributed by atoms with Gasteiger partial charge in [0.1, 0.15) is 5.69 Å². The van der Waals surface area contributed by atoms with Gasteiger partial charge in [-0.15, -0.1) is 0 Å². The minimum absolute atomic E-state index is 0. The van der Waals surface area contributed by atoms with Crippen molar-refractivity contribution in [2.45, 2.75) is 4.90 Å². The van der Waals surface area contributed by atoms with Crippen molar-refractivity contribution >= 4 is 27.1 Å². The van der Waals surface area contributed by atoms with Crippen molar-refractivity contribution in [3.05, 3.63) is 48.5 Å². The van der Waals surface area contributed by atoms with E-state index in [4.69, 9.17) is 5.73 Å². The third-order valence-electron chi connectivity index (χ3n) is 3.06. The summed E-state index contributed by atoms with van der Waals surface area (Å²) in [5.74, 6) is 0. The van der Waals surface area contributed by atoms with Crippen LogP contribution < -0.4 is 27.3 Å². The zero-order valence-electron chi connectivity index (χ0n) is 12.7. The Bertz CT molecular complexity index is 738. The number of rotatable bonds is 4.